The van der Waals surface area contributed by atoms with Gasteiger partial charge in [-0.3, -0.25) is 4.79 Å². The molecule has 0 fully saturated rings. The summed E-state index contributed by atoms with van der Waals surface area (Å²) in [5.74, 6) is -0.148. The standard InChI is InChI=1S/C5H10O2.C3H4N2/c1-4(2)5(6)7-3;1-2-5-3-4-1/h4H,1-3H3;1-3H,(H,4,5). The first-order valence-electron chi connectivity index (χ1n) is 3.69. The Kier molecular flexibility index (Phi) is 5.69. The molecule has 0 aliphatic rings. The predicted octanol–water partition coefficient (Wildman–Crippen LogP) is 1.23. The molecule has 1 rings (SSSR count). The van der Waals surface area contributed by atoms with E-state index in [0.29, 0.717) is 0 Å². The van der Waals surface area contributed by atoms with Crippen molar-refractivity contribution in [2.24, 2.45) is 5.92 Å². The molecule has 0 aromatic carbocycles. The molecule has 0 aliphatic carbocycles. The van der Waals surface area contributed by atoms with Gasteiger partial charge in [0, 0.05) is 12.4 Å². The smallest absolute Gasteiger partial charge is 0.308 e. The highest BCUT2D eigenvalue weighted by Gasteiger charge is 2.03. The number of esters is 1. The summed E-state index contributed by atoms with van der Waals surface area (Å²) in [5, 5.41) is 0. The van der Waals surface area contributed by atoms with Gasteiger partial charge in [0.1, 0.15) is 0 Å². The van der Waals surface area contributed by atoms with Crippen LogP contribution in [0.5, 0.6) is 0 Å². The Balaban J connectivity index is 0.000000211. The van der Waals surface area contributed by atoms with E-state index in [-0.39, 0.29) is 11.9 Å². The van der Waals surface area contributed by atoms with Gasteiger partial charge in [0.2, 0.25) is 0 Å². The highest BCUT2D eigenvalue weighted by molar-refractivity contribution is 5.71. The van der Waals surface area contributed by atoms with E-state index in [1.807, 2.05) is 0 Å². The second kappa shape index (κ2) is 6.39. The van der Waals surface area contributed by atoms with E-state index < -0.39 is 0 Å². The Labute approximate surface area is 72.0 Å². The van der Waals surface area contributed by atoms with E-state index >= 15 is 0 Å². The summed E-state index contributed by atoms with van der Waals surface area (Å²) in [7, 11) is 1.39. The van der Waals surface area contributed by atoms with E-state index in [1.54, 1.807) is 32.6 Å². The molecule has 0 spiro atoms. The van der Waals surface area contributed by atoms with Gasteiger partial charge in [-0.15, -0.1) is 0 Å². The van der Waals surface area contributed by atoms with E-state index in [9.17, 15) is 4.79 Å². The fourth-order valence-corrected chi connectivity index (χ4v) is 0.451. The van der Waals surface area contributed by atoms with E-state index in [4.69, 9.17) is 0 Å². The number of carbonyl (C=O) groups is 1. The fourth-order valence-electron chi connectivity index (χ4n) is 0.451. The molecule has 0 saturated carbocycles. The number of rotatable bonds is 1. The number of hydrogen-bond donors (Lipinski definition) is 1. The monoisotopic (exact) mass is 170 g/mol. The van der Waals surface area contributed by atoms with Crippen molar-refractivity contribution < 1.29 is 9.53 Å². The fraction of sp³-hybridized carbons (Fsp3) is 0.500. The molecule has 0 atom stereocenters. The number of methoxy groups -OCH3 is 1. The first kappa shape index (κ1) is 10.7. The third kappa shape index (κ3) is 5.46. The lowest BCUT2D eigenvalue weighted by atomic mass is 10.2. The number of aromatic nitrogens is 2. The second-order valence-electron chi connectivity index (χ2n) is 2.44. The number of H-pyrrole nitrogens is 1. The molecule has 0 aliphatic heterocycles. The summed E-state index contributed by atoms with van der Waals surface area (Å²) in [5.41, 5.74) is 0. The van der Waals surface area contributed by atoms with Crippen LogP contribution in [0.25, 0.3) is 0 Å². The molecule has 4 heteroatoms. The van der Waals surface area contributed by atoms with Crippen molar-refractivity contribution in [3.05, 3.63) is 18.7 Å². The summed E-state index contributed by atoms with van der Waals surface area (Å²) in [6, 6.07) is 0. The first-order valence-corrected chi connectivity index (χ1v) is 3.69. The molecular formula is C8H14N2O2. The van der Waals surface area contributed by atoms with Crippen molar-refractivity contribution in [1.82, 2.24) is 9.97 Å². The van der Waals surface area contributed by atoms with Crippen LogP contribution in [0, 0.1) is 5.92 Å². The Hall–Kier alpha value is -1.32. The van der Waals surface area contributed by atoms with E-state index in [0.717, 1.165) is 0 Å². The largest absolute Gasteiger partial charge is 0.469 e. The number of nitrogens with one attached hydrogen (secondary N) is 1. The molecule has 1 heterocycles. The van der Waals surface area contributed by atoms with Gasteiger partial charge in [0.15, 0.2) is 0 Å². The molecule has 1 N–H and O–H groups in total. The summed E-state index contributed by atoms with van der Waals surface area (Å²) < 4.78 is 4.37. The zero-order valence-electron chi connectivity index (χ0n) is 7.57. The molecular weight excluding hydrogens is 156 g/mol. The first-order chi connectivity index (χ1) is 5.68. The maximum Gasteiger partial charge on any atom is 0.308 e. The molecule has 0 saturated heterocycles. The maximum atomic E-state index is 10.3. The van der Waals surface area contributed by atoms with Crippen molar-refractivity contribution in [3.8, 4) is 0 Å². The van der Waals surface area contributed by atoms with Crippen molar-refractivity contribution >= 4 is 5.97 Å². The Morgan fingerprint density at radius 3 is 2.33 bits per heavy atom. The van der Waals surface area contributed by atoms with Crippen molar-refractivity contribution in [3.63, 3.8) is 0 Å². The highest BCUT2D eigenvalue weighted by Crippen LogP contribution is 1.91. The van der Waals surface area contributed by atoms with Crippen LogP contribution >= 0.6 is 0 Å². The number of hydrogen-bond acceptors (Lipinski definition) is 3. The number of carbonyl (C=O) groups excluding carboxylic acids is 1. The molecule has 0 unspecified atom stereocenters. The highest BCUT2D eigenvalue weighted by atomic mass is 16.5. The van der Waals surface area contributed by atoms with Crippen LogP contribution in [-0.4, -0.2) is 23.0 Å². The lowest BCUT2D eigenvalue weighted by molar-refractivity contribution is -0.144. The summed E-state index contributed by atoms with van der Waals surface area (Å²) in [6.07, 6.45) is 5.08. The molecule has 12 heavy (non-hydrogen) atoms. The van der Waals surface area contributed by atoms with Gasteiger partial charge in [0.25, 0.3) is 0 Å². The van der Waals surface area contributed by atoms with Crippen LogP contribution in [-0.2, 0) is 9.53 Å². The summed E-state index contributed by atoms with van der Waals surface area (Å²) >= 11 is 0. The van der Waals surface area contributed by atoms with Gasteiger partial charge in [-0.2, -0.15) is 0 Å². The average Bonchev–Trinajstić information content (AvgIpc) is 2.59. The molecule has 4 nitrogen and oxygen atoms in total. The Bertz CT molecular complexity index is 178. The molecule has 1 aromatic heterocycles. The lowest BCUT2D eigenvalue weighted by Crippen LogP contribution is -2.07. The SMILES string of the molecule is COC(=O)C(C)C.c1c[nH]cn1. The zero-order valence-corrected chi connectivity index (χ0v) is 7.57. The summed E-state index contributed by atoms with van der Waals surface area (Å²) in [6.45, 7) is 3.59. The molecule has 68 valence electrons. The van der Waals surface area contributed by atoms with Gasteiger partial charge in [-0.25, -0.2) is 4.98 Å². The molecule has 0 radical (unpaired) electrons. The van der Waals surface area contributed by atoms with Crippen LogP contribution in [0.2, 0.25) is 0 Å². The van der Waals surface area contributed by atoms with Crippen molar-refractivity contribution in [2.75, 3.05) is 7.11 Å². The third-order valence-electron chi connectivity index (χ3n) is 1.08. The van der Waals surface area contributed by atoms with Gasteiger partial charge in [-0.05, 0) is 0 Å². The second-order valence-corrected chi connectivity index (χ2v) is 2.44. The van der Waals surface area contributed by atoms with E-state index in [2.05, 4.69) is 14.7 Å². The van der Waals surface area contributed by atoms with Gasteiger partial charge in [0.05, 0.1) is 19.4 Å². The minimum atomic E-state index is -0.153. The third-order valence-corrected chi connectivity index (χ3v) is 1.08. The minimum Gasteiger partial charge on any atom is -0.469 e. The van der Waals surface area contributed by atoms with Gasteiger partial charge in [-0.1, -0.05) is 13.8 Å². The number of aromatic amines is 1. The predicted molar refractivity (Wildman–Crippen MR) is 45.4 cm³/mol. The van der Waals surface area contributed by atoms with Crippen LogP contribution in [0.4, 0.5) is 0 Å². The van der Waals surface area contributed by atoms with Crippen LogP contribution < -0.4 is 0 Å². The van der Waals surface area contributed by atoms with Crippen molar-refractivity contribution in [2.45, 2.75) is 13.8 Å². The average molecular weight is 170 g/mol. The van der Waals surface area contributed by atoms with E-state index in [1.165, 1.54) is 7.11 Å². The zero-order chi connectivity index (χ0) is 9.40. The number of nitrogens with zero attached hydrogens (tertiary/aromatic N) is 1. The van der Waals surface area contributed by atoms with Gasteiger partial charge >= 0.3 is 5.97 Å². The van der Waals surface area contributed by atoms with Crippen LogP contribution in [0.3, 0.4) is 0 Å². The normalized spacial score (nSPS) is 8.67. The Morgan fingerprint density at radius 2 is 2.25 bits per heavy atom. The van der Waals surface area contributed by atoms with Gasteiger partial charge < -0.3 is 9.72 Å². The molecule has 0 amide bonds. The minimum absolute atomic E-state index is 0.00463. The molecule has 0 bridgehead atoms. The quantitative estimate of drug-likeness (QED) is 0.645. The topological polar surface area (TPSA) is 55.0 Å². The maximum absolute atomic E-state index is 10.3. The summed E-state index contributed by atoms with van der Waals surface area (Å²) in [4.78, 5) is 16.7. The lowest BCUT2D eigenvalue weighted by Gasteiger charge is -1.97. The number of imidazole rings is 1. The van der Waals surface area contributed by atoms with Crippen LogP contribution in [0.15, 0.2) is 18.7 Å². The number of ether oxygens (including phenoxy) is 1. The Morgan fingerprint density at radius 1 is 1.58 bits per heavy atom. The van der Waals surface area contributed by atoms with Crippen LogP contribution in [0.1, 0.15) is 13.8 Å². The molecule has 1 aromatic rings. The van der Waals surface area contributed by atoms with Crippen molar-refractivity contribution in [1.29, 1.82) is 0 Å².